The van der Waals surface area contributed by atoms with Gasteiger partial charge in [0, 0.05) is 20.6 Å². The van der Waals surface area contributed by atoms with Gasteiger partial charge < -0.3 is 10.4 Å². The van der Waals surface area contributed by atoms with Crippen molar-refractivity contribution in [3.8, 4) is 5.75 Å². The number of amides is 1. The number of sulfonamides is 1. The van der Waals surface area contributed by atoms with Crippen LogP contribution in [0.5, 0.6) is 5.75 Å². The van der Waals surface area contributed by atoms with Gasteiger partial charge >= 0.3 is 0 Å². The summed E-state index contributed by atoms with van der Waals surface area (Å²) in [4.78, 5) is 12.4. The fourth-order valence-electron chi connectivity index (χ4n) is 2.25. The summed E-state index contributed by atoms with van der Waals surface area (Å²) in [6.45, 7) is 3.85. The predicted octanol–water partition coefficient (Wildman–Crippen LogP) is 2.19. The van der Waals surface area contributed by atoms with Crippen molar-refractivity contribution >= 4 is 15.9 Å². The largest absolute Gasteiger partial charge is 0.507 e. The number of nitrogens with one attached hydrogen (secondary N) is 1. The highest BCUT2D eigenvalue weighted by Crippen LogP contribution is 2.24. The van der Waals surface area contributed by atoms with Crippen molar-refractivity contribution in [2.24, 2.45) is 0 Å². The zero-order chi connectivity index (χ0) is 18.8. The lowest BCUT2D eigenvalue weighted by atomic mass is 10.0. The number of carbonyl (C=O) groups is 1. The molecular weight excluding hydrogens is 340 g/mol. The average Bonchev–Trinajstić information content (AvgIpc) is 2.58. The van der Waals surface area contributed by atoms with Gasteiger partial charge in [0.05, 0.1) is 10.5 Å². The van der Waals surface area contributed by atoms with Crippen LogP contribution in [0.15, 0.2) is 41.3 Å². The third kappa shape index (κ3) is 4.00. The average molecular weight is 362 g/mol. The van der Waals surface area contributed by atoms with Gasteiger partial charge in [-0.1, -0.05) is 18.2 Å². The van der Waals surface area contributed by atoms with Crippen LogP contribution in [-0.4, -0.2) is 37.8 Å². The lowest BCUT2D eigenvalue weighted by molar-refractivity contribution is 0.0948. The fraction of sp³-hybridized carbons (Fsp3) is 0.278. The minimum absolute atomic E-state index is 0.0232. The minimum atomic E-state index is -3.47. The number of benzene rings is 2. The Morgan fingerprint density at radius 3 is 2.24 bits per heavy atom. The smallest absolute Gasteiger partial charge is 0.255 e. The van der Waals surface area contributed by atoms with Gasteiger partial charge in [-0.15, -0.1) is 0 Å². The quantitative estimate of drug-likeness (QED) is 0.854. The molecule has 1 amide bonds. The van der Waals surface area contributed by atoms with Gasteiger partial charge in [0.25, 0.3) is 5.91 Å². The molecule has 0 radical (unpaired) electrons. The van der Waals surface area contributed by atoms with Crippen LogP contribution in [0.1, 0.15) is 27.0 Å². The molecule has 0 saturated carbocycles. The first-order valence-electron chi connectivity index (χ1n) is 7.73. The maximum Gasteiger partial charge on any atom is 0.255 e. The second-order valence-corrected chi connectivity index (χ2v) is 8.17. The number of aromatic hydroxyl groups is 1. The standard InChI is InChI=1S/C18H22N2O4S/c1-12-5-10-16(17(21)13(12)2)18(22)19-11-14-6-8-15(9-7-14)25(23,24)20(3)4/h5-10,21H,11H2,1-4H3,(H,19,22). The molecule has 0 atom stereocenters. The van der Waals surface area contributed by atoms with Gasteiger partial charge in [0.1, 0.15) is 5.75 Å². The molecule has 25 heavy (non-hydrogen) atoms. The third-order valence-electron chi connectivity index (χ3n) is 4.10. The normalized spacial score (nSPS) is 11.6. The van der Waals surface area contributed by atoms with Crippen LogP contribution in [0, 0.1) is 13.8 Å². The maximum absolute atomic E-state index is 12.2. The molecule has 6 nitrogen and oxygen atoms in total. The van der Waals surface area contributed by atoms with Crippen molar-refractivity contribution in [3.63, 3.8) is 0 Å². The second kappa shape index (κ2) is 7.25. The summed E-state index contributed by atoms with van der Waals surface area (Å²) >= 11 is 0. The highest BCUT2D eigenvalue weighted by atomic mass is 32.2. The summed E-state index contributed by atoms with van der Waals surface area (Å²) in [6.07, 6.45) is 0. The van der Waals surface area contributed by atoms with Gasteiger partial charge in [-0.25, -0.2) is 12.7 Å². The lowest BCUT2D eigenvalue weighted by Gasteiger charge is -2.12. The third-order valence-corrected chi connectivity index (χ3v) is 5.93. The molecule has 0 aliphatic rings. The Balaban J connectivity index is 2.09. The van der Waals surface area contributed by atoms with Gasteiger partial charge in [-0.05, 0) is 48.7 Å². The SMILES string of the molecule is Cc1ccc(C(=O)NCc2ccc(S(=O)(=O)N(C)C)cc2)c(O)c1C. The molecule has 0 fully saturated rings. The van der Waals surface area contributed by atoms with Gasteiger partial charge in [0.2, 0.25) is 10.0 Å². The number of hydrogen-bond donors (Lipinski definition) is 2. The van der Waals surface area contributed by atoms with Crippen molar-refractivity contribution in [3.05, 3.63) is 58.7 Å². The summed E-state index contributed by atoms with van der Waals surface area (Å²) in [7, 11) is -0.526. The molecule has 0 spiro atoms. The van der Waals surface area contributed by atoms with Crippen molar-refractivity contribution < 1.29 is 18.3 Å². The van der Waals surface area contributed by atoms with Crippen LogP contribution in [0.25, 0.3) is 0 Å². The van der Waals surface area contributed by atoms with E-state index in [-0.39, 0.29) is 28.7 Å². The Labute approximate surface area is 148 Å². The summed E-state index contributed by atoms with van der Waals surface area (Å²) in [5, 5.41) is 12.8. The van der Waals surface area contributed by atoms with Crippen LogP contribution >= 0.6 is 0 Å². The second-order valence-electron chi connectivity index (χ2n) is 6.02. The summed E-state index contributed by atoms with van der Waals surface area (Å²) in [5.74, 6) is -0.407. The topological polar surface area (TPSA) is 86.7 Å². The molecule has 7 heteroatoms. The number of nitrogens with zero attached hydrogens (tertiary/aromatic N) is 1. The van der Waals surface area contributed by atoms with E-state index in [1.54, 1.807) is 31.2 Å². The van der Waals surface area contributed by atoms with Crippen LogP contribution in [0.4, 0.5) is 0 Å². The van der Waals surface area contributed by atoms with E-state index in [4.69, 9.17) is 0 Å². The molecule has 0 bridgehead atoms. The van der Waals surface area contributed by atoms with Crippen LogP contribution in [0.2, 0.25) is 0 Å². The van der Waals surface area contributed by atoms with E-state index >= 15 is 0 Å². The van der Waals surface area contributed by atoms with Crippen LogP contribution < -0.4 is 5.32 Å². The van der Waals surface area contributed by atoms with E-state index in [0.717, 1.165) is 15.4 Å². The molecule has 2 aromatic carbocycles. The molecule has 0 saturated heterocycles. The molecule has 0 aliphatic carbocycles. The van der Waals surface area contributed by atoms with Crippen molar-refractivity contribution in [2.45, 2.75) is 25.3 Å². The molecule has 2 aromatic rings. The van der Waals surface area contributed by atoms with Gasteiger partial charge in [-0.3, -0.25) is 4.79 Å². The number of rotatable bonds is 5. The molecule has 0 aliphatic heterocycles. The molecule has 2 N–H and O–H groups in total. The zero-order valence-electron chi connectivity index (χ0n) is 14.7. The predicted molar refractivity (Wildman–Crippen MR) is 96.1 cm³/mol. The summed E-state index contributed by atoms with van der Waals surface area (Å²) < 4.78 is 25.2. The molecule has 134 valence electrons. The molecule has 0 aromatic heterocycles. The summed E-state index contributed by atoms with van der Waals surface area (Å²) in [5.41, 5.74) is 2.56. The first kappa shape index (κ1) is 19.0. The Bertz CT molecular complexity index is 888. The van der Waals surface area contributed by atoms with E-state index in [0.29, 0.717) is 5.56 Å². The number of carbonyl (C=O) groups excluding carboxylic acids is 1. The molecule has 0 unspecified atom stereocenters. The van der Waals surface area contributed by atoms with Gasteiger partial charge in [-0.2, -0.15) is 0 Å². The minimum Gasteiger partial charge on any atom is -0.507 e. The maximum atomic E-state index is 12.2. The van der Waals surface area contributed by atoms with Gasteiger partial charge in [0.15, 0.2) is 0 Å². The van der Waals surface area contributed by atoms with E-state index < -0.39 is 10.0 Å². The summed E-state index contributed by atoms with van der Waals surface area (Å²) in [6, 6.07) is 9.67. The number of phenols is 1. The van der Waals surface area contributed by atoms with Crippen molar-refractivity contribution in [2.75, 3.05) is 14.1 Å². The Morgan fingerprint density at radius 2 is 1.68 bits per heavy atom. The van der Waals surface area contributed by atoms with Crippen LogP contribution in [-0.2, 0) is 16.6 Å². The zero-order valence-corrected chi connectivity index (χ0v) is 15.5. The van der Waals surface area contributed by atoms with Crippen molar-refractivity contribution in [1.82, 2.24) is 9.62 Å². The lowest BCUT2D eigenvalue weighted by Crippen LogP contribution is -2.24. The fourth-order valence-corrected chi connectivity index (χ4v) is 3.15. The highest BCUT2D eigenvalue weighted by Gasteiger charge is 2.17. The van der Waals surface area contributed by atoms with Crippen molar-refractivity contribution in [1.29, 1.82) is 0 Å². The van der Waals surface area contributed by atoms with E-state index in [1.807, 2.05) is 6.92 Å². The molecule has 0 heterocycles. The highest BCUT2D eigenvalue weighted by molar-refractivity contribution is 7.89. The van der Waals surface area contributed by atoms with Crippen LogP contribution in [0.3, 0.4) is 0 Å². The first-order chi connectivity index (χ1) is 11.6. The Hall–Kier alpha value is -2.38. The monoisotopic (exact) mass is 362 g/mol. The molecular formula is C18H22N2O4S. The number of aryl methyl sites for hydroxylation is 1. The first-order valence-corrected chi connectivity index (χ1v) is 9.17. The Morgan fingerprint density at radius 1 is 1.08 bits per heavy atom. The molecule has 2 rings (SSSR count). The van der Waals surface area contributed by atoms with E-state index in [2.05, 4.69) is 5.32 Å². The Kier molecular flexibility index (Phi) is 5.49. The van der Waals surface area contributed by atoms with E-state index in [1.165, 1.54) is 26.2 Å². The number of hydrogen-bond acceptors (Lipinski definition) is 4. The van der Waals surface area contributed by atoms with E-state index in [9.17, 15) is 18.3 Å². The number of phenolic OH excluding ortho intramolecular Hbond substituents is 1.